The van der Waals surface area contributed by atoms with Crippen LogP contribution in [0.4, 0.5) is 10.1 Å². The minimum Gasteiger partial charge on any atom is -0.484 e. The number of carbonyl (C=O) groups is 1. The van der Waals surface area contributed by atoms with Gasteiger partial charge in [-0.1, -0.05) is 0 Å². The maximum absolute atomic E-state index is 12.7. The van der Waals surface area contributed by atoms with Crippen LogP contribution in [-0.2, 0) is 4.79 Å². The highest BCUT2D eigenvalue weighted by atomic mass is 19.1. The Kier molecular flexibility index (Phi) is 3.51. The highest BCUT2D eigenvalue weighted by molar-refractivity contribution is 5.92. The number of aromatic nitrogens is 2. The molecule has 0 bridgehead atoms. The largest absolute Gasteiger partial charge is 0.484 e. The highest BCUT2D eigenvalue weighted by Gasteiger charge is 2.05. The van der Waals surface area contributed by atoms with Crippen LogP contribution in [0.2, 0.25) is 0 Å². The number of amides is 1. The van der Waals surface area contributed by atoms with Gasteiger partial charge >= 0.3 is 0 Å². The summed E-state index contributed by atoms with van der Waals surface area (Å²) in [5.41, 5.74) is 1.54. The first-order valence-electron chi connectivity index (χ1n) is 6.32. The lowest BCUT2D eigenvalue weighted by atomic mass is 10.3. The molecule has 3 aromatic rings. The number of nitrogens with one attached hydrogen (secondary N) is 1. The summed E-state index contributed by atoms with van der Waals surface area (Å²) in [4.78, 5) is 11.8. The van der Waals surface area contributed by atoms with Crippen LogP contribution in [0.25, 0.3) is 5.52 Å². The summed E-state index contributed by atoms with van der Waals surface area (Å²) < 4.78 is 19.7. The molecule has 0 aliphatic heterocycles. The van der Waals surface area contributed by atoms with Crippen molar-refractivity contribution in [3.63, 3.8) is 0 Å². The van der Waals surface area contributed by atoms with E-state index >= 15 is 0 Å². The van der Waals surface area contributed by atoms with Gasteiger partial charge in [-0.15, -0.1) is 0 Å². The molecule has 2 heterocycles. The molecule has 1 aromatic carbocycles. The van der Waals surface area contributed by atoms with Crippen molar-refractivity contribution in [3.8, 4) is 5.75 Å². The van der Waals surface area contributed by atoms with Gasteiger partial charge in [0.2, 0.25) is 0 Å². The monoisotopic (exact) mass is 285 g/mol. The molecule has 1 N–H and O–H groups in total. The predicted octanol–water partition coefficient (Wildman–Crippen LogP) is 2.49. The van der Waals surface area contributed by atoms with E-state index in [4.69, 9.17) is 4.74 Å². The Labute approximate surface area is 120 Å². The maximum atomic E-state index is 12.7. The molecule has 0 atom stereocenters. The highest BCUT2D eigenvalue weighted by Crippen LogP contribution is 2.13. The Balaban J connectivity index is 1.59. The number of anilines is 1. The number of benzene rings is 1. The third kappa shape index (κ3) is 3.17. The second-order valence-electron chi connectivity index (χ2n) is 4.41. The summed E-state index contributed by atoms with van der Waals surface area (Å²) in [6.45, 7) is -0.143. The number of hydrogen-bond donors (Lipinski definition) is 1. The molecule has 106 valence electrons. The minimum absolute atomic E-state index is 0.143. The van der Waals surface area contributed by atoms with Crippen molar-refractivity contribution in [3.05, 3.63) is 60.7 Å². The number of fused-ring (bicyclic) bond motifs is 1. The van der Waals surface area contributed by atoms with Gasteiger partial charge < -0.3 is 10.1 Å². The summed E-state index contributed by atoms with van der Waals surface area (Å²) in [7, 11) is 0. The summed E-state index contributed by atoms with van der Waals surface area (Å²) in [6.07, 6.45) is 3.43. The summed E-state index contributed by atoms with van der Waals surface area (Å²) in [5.74, 6) is -0.193. The zero-order valence-electron chi connectivity index (χ0n) is 11.0. The van der Waals surface area contributed by atoms with Crippen molar-refractivity contribution < 1.29 is 13.9 Å². The Morgan fingerprint density at radius 3 is 2.86 bits per heavy atom. The third-order valence-electron chi connectivity index (χ3n) is 2.87. The molecule has 5 nitrogen and oxygen atoms in total. The van der Waals surface area contributed by atoms with Gasteiger partial charge in [0.05, 0.1) is 5.52 Å². The number of hydrogen-bond acceptors (Lipinski definition) is 3. The van der Waals surface area contributed by atoms with Crippen molar-refractivity contribution in [2.75, 3.05) is 11.9 Å². The summed E-state index contributed by atoms with van der Waals surface area (Å²) in [5, 5.41) is 6.80. The van der Waals surface area contributed by atoms with Crippen LogP contribution in [-0.4, -0.2) is 22.1 Å². The lowest BCUT2D eigenvalue weighted by Crippen LogP contribution is -2.20. The second kappa shape index (κ2) is 5.62. The quantitative estimate of drug-likeness (QED) is 0.801. The average Bonchev–Trinajstić information content (AvgIpc) is 2.94. The molecule has 0 aliphatic carbocycles. The van der Waals surface area contributed by atoms with Crippen molar-refractivity contribution in [2.45, 2.75) is 0 Å². The first-order valence-corrected chi connectivity index (χ1v) is 6.32. The number of rotatable bonds is 4. The van der Waals surface area contributed by atoms with Crippen molar-refractivity contribution in [1.82, 2.24) is 9.61 Å². The molecule has 6 heteroatoms. The van der Waals surface area contributed by atoms with E-state index in [0.717, 1.165) is 5.52 Å². The van der Waals surface area contributed by atoms with Gasteiger partial charge in [-0.2, -0.15) is 5.10 Å². The molecular weight excluding hydrogens is 273 g/mol. The molecule has 2 aromatic heterocycles. The molecule has 1 amide bonds. The van der Waals surface area contributed by atoms with E-state index < -0.39 is 0 Å². The fourth-order valence-corrected chi connectivity index (χ4v) is 1.88. The Hall–Kier alpha value is -2.89. The number of carbonyl (C=O) groups excluding carboxylic acids is 1. The van der Waals surface area contributed by atoms with Crippen LogP contribution in [0.3, 0.4) is 0 Å². The SMILES string of the molecule is O=C(COc1ccc(F)cc1)Nc1ccn2nccc2c1. The van der Waals surface area contributed by atoms with E-state index in [2.05, 4.69) is 10.4 Å². The molecule has 3 rings (SSSR count). The third-order valence-corrected chi connectivity index (χ3v) is 2.87. The lowest BCUT2D eigenvalue weighted by molar-refractivity contribution is -0.118. The smallest absolute Gasteiger partial charge is 0.262 e. The Bertz CT molecular complexity index is 768. The van der Waals surface area contributed by atoms with Crippen LogP contribution < -0.4 is 10.1 Å². The topological polar surface area (TPSA) is 55.6 Å². The van der Waals surface area contributed by atoms with Crippen LogP contribution in [0, 0.1) is 5.82 Å². The summed E-state index contributed by atoms with van der Waals surface area (Å²) >= 11 is 0. The van der Waals surface area contributed by atoms with E-state index in [0.29, 0.717) is 11.4 Å². The molecule has 0 saturated heterocycles. The van der Waals surface area contributed by atoms with Crippen molar-refractivity contribution in [1.29, 1.82) is 0 Å². The van der Waals surface area contributed by atoms with Gasteiger partial charge in [0.15, 0.2) is 6.61 Å². The normalized spacial score (nSPS) is 10.5. The molecule has 21 heavy (non-hydrogen) atoms. The average molecular weight is 285 g/mol. The second-order valence-corrected chi connectivity index (χ2v) is 4.41. The van der Waals surface area contributed by atoms with Crippen molar-refractivity contribution in [2.24, 2.45) is 0 Å². The number of nitrogens with zero attached hydrogens (tertiary/aromatic N) is 2. The minimum atomic E-state index is -0.346. The van der Waals surface area contributed by atoms with E-state index in [9.17, 15) is 9.18 Å². The Morgan fingerprint density at radius 1 is 1.24 bits per heavy atom. The van der Waals surface area contributed by atoms with Gasteiger partial charge in [-0.3, -0.25) is 4.79 Å². The van der Waals surface area contributed by atoms with Gasteiger partial charge in [0, 0.05) is 18.1 Å². The number of pyridine rings is 1. The maximum Gasteiger partial charge on any atom is 0.262 e. The standard InChI is InChI=1S/C15H12FN3O2/c16-11-1-3-14(4-2-11)21-10-15(20)18-12-6-8-19-13(9-12)5-7-17-19/h1-9H,10H2,(H,18,20). The van der Waals surface area contributed by atoms with Gasteiger partial charge in [-0.05, 0) is 42.5 Å². The zero-order valence-corrected chi connectivity index (χ0v) is 11.0. The van der Waals surface area contributed by atoms with E-state index in [1.165, 1.54) is 24.3 Å². The molecule has 0 radical (unpaired) electrons. The predicted molar refractivity (Wildman–Crippen MR) is 75.7 cm³/mol. The van der Waals surface area contributed by atoms with Crippen molar-refractivity contribution >= 4 is 17.1 Å². The van der Waals surface area contributed by atoms with Crippen LogP contribution in [0.1, 0.15) is 0 Å². The number of ether oxygens (including phenoxy) is 1. The first-order chi connectivity index (χ1) is 10.2. The molecule has 0 fully saturated rings. The van der Waals surface area contributed by atoms with Crippen LogP contribution >= 0.6 is 0 Å². The molecular formula is C15H12FN3O2. The fraction of sp³-hybridized carbons (Fsp3) is 0.0667. The van der Waals surface area contributed by atoms with E-state index in [-0.39, 0.29) is 18.3 Å². The zero-order chi connectivity index (χ0) is 14.7. The van der Waals surface area contributed by atoms with Crippen LogP contribution in [0.5, 0.6) is 5.75 Å². The van der Waals surface area contributed by atoms with Gasteiger partial charge in [0.1, 0.15) is 11.6 Å². The van der Waals surface area contributed by atoms with Gasteiger partial charge in [0.25, 0.3) is 5.91 Å². The lowest BCUT2D eigenvalue weighted by Gasteiger charge is -2.07. The summed E-state index contributed by atoms with van der Waals surface area (Å²) in [6, 6.07) is 10.9. The Morgan fingerprint density at radius 2 is 2.05 bits per heavy atom. The van der Waals surface area contributed by atoms with Crippen LogP contribution in [0.15, 0.2) is 54.9 Å². The first kappa shape index (κ1) is 13.1. The molecule has 0 aliphatic rings. The molecule has 0 saturated carbocycles. The molecule has 0 spiro atoms. The van der Waals surface area contributed by atoms with E-state index in [1.54, 1.807) is 23.0 Å². The van der Waals surface area contributed by atoms with Gasteiger partial charge in [-0.25, -0.2) is 8.91 Å². The molecule has 0 unspecified atom stereocenters. The van der Waals surface area contributed by atoms with E-state index in [1.807, 2.05) is 12.1 Å². The fourth-order valence-electron chi connectivity index (χ4n) is 1.88. The number of halogens is 1.